The first kappa shape index (κ1) is 17.1. The van der Waals surface area contributed by atoms with E-state index in [1.54, 1.807) is 0 Å². The largest absolute Gasteiger partial charge is 0.330 e. The highest BCUT2D eigenvalue weighted by molar-refractivity contribution is 7.89. The van der Waals surface area contributed by atoms with Crippen LogP contribution in [0.5, 0.6) is 0 Å². The third-order valence-electron chi connectivity index (χ3n) is 2.95. The summed E-state index contributed by atoms with van der Waals surface area (Å²) < 4.78 is 25.7. The molecular formula is C14H25N3O2S. The van der Waals surface area contributed by atoms with Gasteiger partial charge in [0.25, 0.3) is 0 Å². The van der Waals surface area contributed by atoms with Crippen LogP contribution in [-0.2, 0) is 16.6 Å². The molecule has 0 aliphatic rings. The van der Waals surface area contributed by atoms with Crippen molar-refractivity contribution in [2.75, 3.05) is 32.4 Å². The molecule has 3 N–H and O–H groups in total. The van der Waals surface area contributed by atoms with Gasteiger partial charge in [-0.05, 0) is 38.5 Å². The van der Waals surface area contributed by atoms with Gasteiger partial charge in [0, 0.05) is 13.1 Å². The van der Waals surface area contributed by atoms with Crippen molar-refractivity contribution in [1.82, 2.24) is 9.62 Å². The molecule has 114 valence electrons. The predicted octanol–water partition coefficient (Wildman–Crippen LogP) is 0.777. The molecule has 1 rings (SSSR count). The summed E-state index contributed by atoms with van der Waals surface area (Å²) in [6, 6.07) is 10.2. The Morgan fingerprint density at radius 1 is 1.20 bits per heavy atom. The van der Waals surface area contributed by atoms with Crippen molar-refractivity contribution in [3.63, 3.8) is 0 Å². The molecule has 6 heteroatoms. The van der Waals surface area contributed by atoms with E-state index in [2.05, 4.69) is 21.8 Å². The smallest absolute Gasteiger partial charge is 0.211 e. The highest BCUT2D eigenvalue weighted by Gasteiger charge is 2.08. The normalized spacial score (nSPS) is 11.9. The maximum Gasteiger partial charge on any atom is 0.211 e. The first-order valence-corrected chi connectivity index (χ1v) is 8.58. The lowest BCUT2D eigenvalue weighted by Gasteiger charge is -2.16. The fraction of sp³-hybridized carbons (Fsp3) is 0.571. The van der Waals surface area contributed by atoms with Crippen LogP contribution in [-0.4, -0.2) is 45.8 Å². The molecule has 0 heterocycles. The Bertz CT molecular complexity index is 463. The molecule has 0 spiro atoms. The highest BCUT2D eigenvalue weighted by atomic mass is 32.2. The maximum absolute atomic E-state index is 11.5. The molecule has 0 bridgehead atoms. The molecule has 0 aliphatic heterocycles. The second-order valence-electron chi connectivity index (χ2n) is 4.93. The van der Waals surface area contributed by atoms with Gasteiger partial charge in [0.2, 0.25) is 10.0 Å². The first-order chi connectivity index (χ1) is 9.53. The Hall–Kier alpha value is -0.950. The van der Waals surface area contributed by atoms with Gasteiger partial charge < -0.3 is 10.6 Å². The number of rotatable bonds is 10. The SMILES string of the molecule is CN(CCCNS(=O)(=O)CCCN)Cc1ccccc1. The maximum atomic E-state index is 11.5. The average molecular weight is 299 g/mol. The van der Waals surface area contributed by atoms with Gasteiger partial charge in [0.1, 0.15) is 0 Å². The summed E-state index contributed by atoms with van der Waals surface area (Å²) in [7, 11) is -1.11. The minimum absolute atomic E-state index is 0.114. The lowest BCUT2D eigenvalue weighted by Crippen LogP contribution is -2.30. The molecule has 0 unspecified atom stereocenters. The lowest BCUT2D eigenvalue weighted by atomic mass is 10.2. The molecule has 5 nitrogen and oxygen atoms in total. The van der Waals surface area contributed by atoms with Crippen LogP contribution in [0.2, 0.25) is 0 Å². The summed E-state index contributed by atoms with van der Waals surface area (Å²) in [6.45, 7) is 2.61. The van der Waals surface area contributed by atoms with Crippen molar-refractivity contribution in [1.29, 1.82) is 0 Å². The van der Waals surface area contributed by atoms with E-state index in [-0.39, 0.29) is 5.75 Å². The van der Waals surface area contributed by atoms with Crippen LogP contribution in [0, 0.1) is 0 Å². The first-order valence-electron chi connectivity index (χ1n) is 6.93. The molecule has 0 aliphatic carbocycles. The van der Waals surface area contributed by atoms with Crippen LogP contribution in [0.4, 0.5) is 0 Å². The van der Waals surface area contributed by atoms with Crippen LogP contribution >= 0.6 is 0 Å². The molecule has 0 fully saturated rings. The van der Waals surface area contributed by atoms with Gasteiger partial charge in [0.15, 0.2) is 0 Å². The van der Waals surface area contributed by atoms with Gasteiger partial charge in [-0.3, -0.25) is 0 Å². The summed E-state index contributed by atoms with van der Waals surface area (Å²) in [4.78, 5) is 2.18. The van der Waals surface area contributed by atoms with E-state index in [1.807, 2.05) is 25.2 Å². The molecular weight excluding hydrogens is 274 g/mol. The molecule has 0 radical (unpaired) electrons. The summed E-state index contributed by atoms with van der Waals surface area (Å²) >= 11 is 0. The number of hydrogen-bond donors (Lipinski definition) is 2. The van der Waals surface area contributed by atoms with E-state index < -0.39 is 10.0 Å². The van der Waals surface area contributed by atoms with Gasteiger partial charge in [0.05, 0.1) is 5.75 Å². The quantitative estimate of drug-likeness (QED) is 0.626. The highest BCUT2D eigenvalue weighted by Crippen LogP contribution is 2.02. The minimum atomic E-state index is -3.15. The predicted molar refractivity (Wildman–Crippen MR) is 82.9 cm³/mol. The van der Waals surface area contributed by atoms with Crippen molar-refractivity contribution in [2.24, 2.45) is 5.73 Å². The lowest BCUT2D eigenvalue weighted by molar-refractivity contribution is 0.322. The zero-order valence-corrected chi connectivity index (χ0v) is 12.9. The summed E-state index contributed by atoms with van der Waals surface area (Å²) in [6.07, 6.45) is 1.30. The monoisotopic (exact) mass is 299 g/mol. The van der Waals surface area contributed by atoms with Crippen LogP contribution in [0.25, 0.3) is 0 Å². The van der Waals surface area contributed by atoms with Crippen molar-refractivity contribution in [3.8, 4) is 0 Å². The number of nitrogens with two attached hydrogens (primary N) is 1. The van der Waals surface area contributed by atoms with E-state index >= 15 is 0 Å². The minimum Gasteiger partial charge on any atom is -0.330 e. The Balaban J connectivity index is 2.17. The Kier molecular flexibility index (Phi) is 7.76. The molecule has 1 aromatic carbocycles. The molecule has 0 aromatic heterocycles. The number of nitrogens with one attached hydrogen (secondary N) is 1. The van der Waals surface area contributed by atoms with E-state index in [0.29, 0.717) is 19.5 Å². The second-order valence-corrected chi connectivity index (χ2v) is 6.86. The van der Waals surface area contributed by atoms with Gasteiger partial charge in [-0.15, -0.1) is 0 Å². The average Bonchev–Trinajstić information content (AvgIpc) is 2.43. The Morgan fingerprint density at radius 2 is 1.90 bits per heavy atom. The Labute approximate surface area is 122 Å². The van der Waals surface area contributed by atoms with Crippen LogP contribution in [0.3, 0.4) is 0 Å². The molecule has 0 saturated carbocycles. The molecule has 0 saturated heterocycles. The fourth-order valence-electron chi connectivity index (χ4n) is 1.90. The summed E-state index contributed by atoms with van der Waals surface area (Å²) in [5.74, 6) is 0.114. The van der Waals surface area contributed by atoms with E-state index in [9.17, 15) is 8.42 Å². The van der Waals surface area contributed by atoms with Crippen molar-refractivity contribution >= 4 is 10.0 Å². The number of nitrogens with zero attached hydrogens (tertiary/aromatic N) is 1. The van der Waals surface area contributed by atoms with Crippen molar-refractivity contribution < 1.29 is 8.42 Å². The zero-order chi connectivity index (χ0) is 14.8. The Morgan fingerprint density at radius 3 is 2.55 bits per heavy atom. The van der Waals surface area contributed by atoms with Crippen LogP contribution < -0.4 is 10.5 Å². The van der Waals surface area contributed by atoms with Crippen molar-refractivity contribution in [2.45, 2.75) is 19.4 Å². The molecule has 0 atom stereocenters. The van der Waals surface area contributed by atoms with E-state index in [0.717, 1.165) is 19.5 Å². The topological polar surface area (TPSA) is 75.4 Å². The van der Waals surface area contributed by atoms with E-state index in [4.69, 9.17) is 5.73 Å². The van der Waals surface area contributed by atoms with Gasteiger partial charge in [-0.2, -0.15) is 0 Å². The van der Waals surface area contributed by atoms with Gasteiger partial charge >= 0.3 is 0 Å². The molecule has 20 heavy (non-hydrogen) atoms. The van der Waals surface area contributed by atoms with Crippen molar-refractivity contribution in [3.05, 3.63) is 35.9 Å². The summed E-state index contributed by atoms with van der Waals surface area (Å²) in [5, 5.41) is 0. The molecule has 0 amide bonds. The third-order valence-corrected chi connectivity index (χ3v) is 4.42. The number of benzene rings is 1. The summed E-state index contributed by atoms with van der Waals surface area (Å²) in [5.41, 5.74) is 6.57. The number of sulfonamides is 1. The number of hydrogen-bond acceptors (Lipinski definition) is 4. The zero-order valence-electron chi connectivity index (χ0n) is 12.1. The van der Waals surface area contributed by atoms with Crippen LogP contribution in [0.1, 0.15) is 18.4 Å². The van der Waals surface area contributed by atoms with Gasteiger partial charge in [-0.25, -0.2) is 13.1 Å². The van der Waals surface area contributed by atoms with E-state index in [1.165, 1.54) is 5.56 Å². The molecule has 1 aromatic rings. The second kappa shape index (κ2) is 9.07. The van der Waals surface area contributed by atoms with Gasteiger partial charge in [-0.1, -0.05) is 30.3 Å². The third kappa shape index (κ3) is 7.59. The standard InChI is InChI=1S/C14H25N3O2S/c1-17(13-14-7-3-2-4-8-14)11-6-10-16-20(18,19)12-5-9-15/h2-4,7-8,16H,5-6,9-13,15H2,1H3. The van der Waals surface area contributed by atoms with Crippen LogP contribution in [0.15, 0.2) is 30.3 Å². The fourth-order valence-corrected chi connectivity index (χ4v) is 3.04.